The Balaban J connectivity index is 2.27. The number of hydrogen-bond acceptors (Lipinski definition) is 5. The Hall–Kier alpha value is -0.660. The van der Waals surface area contributed by atoms with Gasteiger partial charge in [0.1, 0.15) is 6.04 Å². The number of nitrogens with one attached hydrogen (secondary N) is 1. The van der Waals surface area contributed by atoms with Crippen molar-refractivity contribution in [2.75, 3.05) is 38.3 Å². The third kappa shape index (κ3) is 3.32. The standard InChI is InChI=1S/C13H24N2O4S/c1-13(2)9-20(17,18)8-11(14-3)12(16)15(13)6-10-4-5-19-7-10/h10-11,14H,4-9H2,1-3H3. The van der Waals surface area contributed by atoms with Gasteiger partial charge >= 0.3 is 0 Å². The SMILES string of the molecule is CNC1CS(=O)(=O)CC(C)(C)N(CC2CCOC2)C1=O. The molecule has 0 aromatic carbocycles. The second-order valence-electron chi connectivity index (χ2n) is 6.39. The second-order valence-corrected chi connectivity index (χ2v) is 8.50. The van der Waals surface area contributed by atoms with Gasteiger partial charge in [-0.3, -0.25) is 4.79 Å². The van der Waals surface area contributed by atoms with Crippen molar-refractivity contribution in [2.45, 2.75) is 31.8 Å². The van der Waals surface area contributed by atoms with Crippen molar-refractivity contribution in [1.82, 2.24) is 10.2 Å². The number of rotatable bonds is 3. The highest BCUT2D eigenvalue weighted by molar-refractivity contribution is 7.91. The van der Waals surface area contributed by atoms with Crippen LogP contribution in [0.1, 0.15) is 20.3 Å². The zero-order valence-corrected chi connectivity index (χ0v) is 13.2. The Morgan fingerprint density at radius 3 is 2.70 bits per heavy atom. The number of carbonyl (C=O) groups is 1. The molecule has 0 aliphatic carbocycles. The monoisotopic (exact) mass is 304 g/mol. The molecule has 0 aromatic rings. The summed E-state index contributed by atoms with van der Waals surface area (Å²) in [6.45, 7) is 5.60. The molecule has 0 spiro atoms. The third-order valence-electron chi connectivity index (χ3n) is 4.10. The van der Waals surface area contributed by atoms with E-state index >= 15 is 0 Å². The minimum atomic E-state index is -3.24. The largest absolute Gasteiger partial charge is 0.381 e. The molecular formula is C13H24N2O4S. The van der Waals surface area contributed by atoms with Crippen LogP contribution in [-0.4, -0.2) is 69.1 Å². The van der Waals surface area contributed by atoms with Gasteiger partial charge in [0, 0.05) is 19.1 Å². The van der Waals surface area contributed by atoms with E-state index < -0.39 is 21.4 Å². The van der Waals surface area contributed by atoms with Crippen LogP contribution in [0.25, 0.3) is 0 Å². The molecule has 2 unspecified atom stereocenters. The molecule has 0 radical (unpaired) electrons. The van der Waals surface area contributed by atoms with Crippen molar-refractivity contribution >= 4 is 15.7 Å². The molecule has 1 N–H and O–H groups in total. The molecule has 2 saturated heterocycles. The molecule has 6 nitrogen and oxygen atoms in total. The first-order valence-corrected chi connectivity index (χ1v) is 8.84. The highest BCUT2D eigenvalue weighted by Gasteiger charge is 2.44. The van der Waals surface area contributed by atoms with Gasteiger partial charge in [0.15, 0.2) is 9.84 Å². The molecule has 20 heavy (non-hydrogen) atoms. The molecule has 2 aliphatic heterocycles. The maximum atomic E-state index is 12.6. The molecule has 2 atom stereocenters. The van der Waals surface area contributed by atoms with E-state index in [-0.39, 0.29) is 17.4 Å². The summed E-state index contributed by atoms with van der Waals surface area (Å²) < 4.78 is 29.6. The molecule has 2 aliphatic rings. The summed E-state index contributed by atoms with van der Waals surface area (Å²) in [6.07, 6.45) is 0.927. The lowest BCUT2D eigenvalue weighted by atomic mass is 10.00. The first kappa shape index (κ1) is 15.7. The number of hydrogen-bond donors (Lipinski definition) is 1. The van der Waals surface area contributed by atoms with Gasteiger partial charge < -0.3 is 15.0 Å². The molecule has 1 amide bonds. The van der Waals surface area contributed by atoms with E-state index in [0.717, 1.165) is 13.0 Å². The van der Waals surface area contributed by atoms with E-state index in [2.05, 4.69) is 5.32 Å². The number of amides is 1. The fourth-order valence-electron chi connectivity index (χ4n) is 3.02. The summed E-state index contributed by atoms with van der Waals surface area (Å²) in [5.74, 6) is 0.0722. The molecule has 2 fully saturated rings. The van der Waals surface area contributed by atoms with Gasteiger partial charge in [-0.25, -0.2) is 8.42 Å². The Morgan fingerprint density at radius 2 is 2.15 bits per heavy atom. The van der Waals surface area contributed by atoms with Crippen LogP contribution in [0.2, 0.25) is 0 Å². The number of carbonyl (C=O) groups excluding carboxylic acids is 1. The van der Waals surface area contributed by atoms with Crippen LogP contribution in [0.4, 0.5) is 0 Å². The van der Waals surface area contributed by atoms with Crippen molar-refractivity contribution in [3.63, 3.8) is 0 Å². The van der Waals surface area contributed by atoms with Crippen molar-refractivity contribution in [1.29, 1.82) is 0 Å². The fraction of sp³-hybridized carbons (Fsp3) is 0.923. The van der Waals surface area contributed by atoms with Crippen molar-refractivity contribution < 1.29 is 17.9 Å². The van der Waals surface area contributed by atoms with E-state index in [1.165, 1.54) is 0 Å². The Labute approximate surface area is 120 Å². The van der Waals surface area contributed by atoms with Crippen molar-refractivity contribution in [2.24, 2.45) is 5.92 Å². The van der Waals surface area contributed by atoms with Crippen LogP contribution in [0.5, 0.6) is 0 Å². The average Bonchev–Trinajstić information content (AvgIpc) is 2.81. The fourth-order valence-corrected chi connectivity index (χ4v) is 5.18. The maximum absolute atomic E-state index is 12.6. The summed E-state index contributed by atoms with van der Waals surface area (Å²) >= 11 is 0. The predicted octanol–water partition coefficient (Wildman–Crippen LogP) is -0.353. The molecule has 116 valence electrons. The van der Waals surface area contributed by atoms with Crippen LogP contribution in [0.15, 0.2) is 0 Å². The molecule has 0 saturated carbocycles. The third-order valence-corrected chi connectivity index (χ3v) is 6.09. The molecule has 2 heterocycles. The molecule has 0 bridgehead atoms. The second kappa shape index (κ2) is 5.61. The number of sulfone groups is 1. The lowest BCUT2D eigenvalue weighted by Crippen LogP contribution is -2.55. The lowest BCUT2D eigenvalue weighted by Gasteiger charge is -2.38. The number of ether oxygens (including phenoxy) is 1. The van der Waals surface area contributed by atoms with Crippen molar-refractivity contribution in [3.8, 4) is 0 Å². The van der Waals surface area contributed by atoms with Crippen LogP contribution in [-0.2, 0) is 19.4 Å². The summed E-state index contributed by atoms with van der Waals surface area (Å²) in [4.78, 5) is 14.4. The van der Waals surface area contributed by atoms with E-state index in [9.17, 15) is 13.2 Å². The summed E-state index contributed by atoms with van der Waals surface area (Å²) in [7, 11) is -1.61. The molecular weight excluding hydrogens is 280 g/mol. The van der Waals surface area contributed by atoms with E-state index in [1.54, 1.807) is 11.9 Å². The van der Waals surface area contributed by atoms with Gasteiger partial charge in [-0.05, 0) is 27.3 Å². The van der Waals surface area contributed by atoms with Gasteiger partial charge in [0.2, 0.25) is 5.91 Å². The van der Waals surface area contributed by atoms with E-state index in [0.29, 0.717) is 19.1 Å². The van der Waals surface area contributed by atoms with Crippen LogP contribution in [0.3, 0.4) is 0 Å². The summed E-state index contributed by atoms with van der Waals surface area (Å²) in [5, 5.41) is 2.84. The maximum Gasteiger partial charge on any atom is 0.241 e. The van der Waals surface area contributed by atoms with Crippen LogP contribution < -0.4 is 5.32 Å². The van der Waals surface area contributed by atoms with Gasteiger partial charge in [0.25, 0.3) is 0 Å². The number of likely N-dealkylation sites (N-methyl/N-ethyl adjacent to an activating group) is 1. The van der Waals surface area contributed by atoms with E-state index in [4.69, 9.17) is 4.74 Å². The summed E-state index contributed by atoms with van der Waals surface area (Å²) in [5.41, 5.74) is -0.676. The van der Waals surface area contributed by atoms with Crippen molar-refractivity contribution in [3.05, 3.63) is 0 Å². The van der Waals surface area contributed by atoms with Gasteiger partial charge in [-0.2, -0.15) is 0 Å². The first-order chi connectivity index (χ1) is 9.25. The molecule has 7 heteroatoms. The van der Waals surface area contributed by atoms with Gasteiger partial charge in [-0.15, -0.1) is 0 Å². The average molecular weight is 304 g/mol. The zero-order chi connectivity index (χ0) is 15.0. The lowest BCUT2D eigenvalue weighted by molar-refractivity contribution is -0.137. The smallest absolute Gasteiger partial charge is 0.241 e. The normalized spacial score (nSPS) is 33.1. The number of nitrogens with zero attached hydrogens (tertiary/aromatic N) is 1. The minimum absolute atomic E-state index is 0.0114. The highest BCUT2D eigenvalue weighted by Crippen LogP contribution is 2.26. The Bertz CT molecular complexity index is 469. The summed E-state index contributed by atoms with van der Waals surface area (Å²) in [6, 6.07) is -0.649. The first-order valence-electron chi connectivity index (χ1n) is 7.02. The van der Waals surface area contributed by atoms with Crippen LogP contribution >= 0.6 is 0 Å². The minimum Gasteiger partial charge on any atom is -0.381 e. The Morgan fingerprint density at radius 1 is 1.45 bits per heavy atom. The topological polar surface area (TPSA) is 75.7 Å². The van der Waals surface area contributed by atoms with Crippen LogP contribution in [0, 0.1) is 5.92 Å². The zero-order valence-electron chi connectivity index (χ0n) is 12.4. The molecule has 0 aromatic heterocycles. The molecule has 2 rings (SSSR count). The van der Waals surface area contributed by atoms with Gasteiger partial charge in [-0.1, -0.05) is 0 Å². The predicted molar refractivity (Wildman–Crippen MR) is 76.2 cm³/mol. The quantitative estimate of drug-likeness (QED) is 0.771. The highest BCUT2D eigenvalue weighted by atomic mass is 32.2. The van der Waals surface area contributed by atoms with Gasteiger partial charge in [0.05, 0.1) is 23.7 Å². The Kier molecular flexibility index (Phi) is 4.41. The van der Waals surface area contributed by atoms with E-state index in [1.807, 2.05) is 13.8 Å².